The number of aromatic nitrogens is 1. The number of halogens is 1. The predicted octanol–water partition coefficient (Wildman–Crippen LogP) is 2.94. The van der Waals surface area contributed by atoms with Crippen LogP contribution in [0.2, 0.25) is 5.02 Å². The Bertz CT molecular complexity index is 289. The minimum Gasteiger partial charge on any atom is -0.259 e. The van der Waals surface area contributed by atoms with E-state index in [-0.39, 0.29) is 0 Å². The van der Waals surface area contributed by atoms with Crippen LogP contribution in [0.25, 0.3) is 0 Å². The standard InChI is InChI=1S/C7H5ClN2.C2H6/c1-5-6(3-9)2-7(8)4-10-5;1-2/h2,4H,1H3;1-2H3. The summed E-state index contributed by atoms with van der Waals surface area (Å²) in [5.74, 6) is 0. The molecule has 1 heterocycles. The van der Waals surface area contributed by atoms with Gasteiger partial charge in [-0.05, 0) is 13.0 Å². The maximum Gasteiger partial charge on any atom is 0.101 e. The quantitative estimate of drug-likeness (QED) is 0.619. The average Bonchev–Trinajstić information content (AvgIpc) is 2.13. The van der Waals surface area contributed by atoms with E-state index in [2.05, 4.69) is 4.98 Å². The molecule has 0 fully saturated rings. The summed E-state index contributed by atoms with van der Waals surface area (Å²) in [5, 5.41) is 9.00. The van der Waals surface area contributed by atoms with Gasteiger partial charge in [0.25, 0.3) is 0 Å². The van der Waals surface area contributed by atoms with Gasteiger partial charge in [0.15, 0.2) is 0 Å². The highest BCUT2D eigenvalue weighted by Crippen LogP contribution is 2.10. The van der Waals surface area contributed by atoms with E-state index in [4.69, 9.17) is 16.9 Å². The molecule has 0 amide bonds. The van der Waals surface area contributed by atoms with Crippen molar-refractivity contribution >= 4 is 11.6 Å². The van der Waals surface area contributed by atoms with Gasteiger partial charge in [-0.2, -0.15) is 5.26 Å². The molecule has 0 aliphatic carbocycles. The topological polar surface area (TPSA) is 36.7 Å². The SMILES string of the molecule is CC.Cc1ncc(Cl)cc1C#N. The molecule has 1 aromatic heterocycles. The van der Waals surface area contributed by atoms with E-state index in [1.165, 1.54) is 6.20 Å². The summed E-state index contributed by atoms with van der Waals surface area (Å²) in [6, 6.07) is 3.59. The number of rotatable bonds is 0. The zero-order valence-corrected chi connectivity index (χ0v) is 8.18. The van der Waals surface area contributed by atoms with Crippen LogP contribution in [0.3, 0.4) is 0 Å². The van der Waals surface area contributed by atoms with Gasteiger partial charge in [-0.15, -0.1) is 0 Å². The van der Waals surface area contributed by atoms with Crippen LogP contribution >= 0.6 is 11.6 Å². The van der Waals surface area contributed by atoms with E-state index >= 15 is 0 Å². The van der Waals surface area contributed by atoms with E-state index in [0.717, 1.165) is 0 Å². The van der Waals surface area contributed by atoms with Gasteiger partial charge in [-0.3, -0.25) is 4.98 Å². The van der Waals surface area contributed by atoms with Gasteiger partial charge in [0.1, 0.15) is 6.07 Å². The van der Waals surface area contributed by atoms with Crippen molar-refractivity contribution in [2.45, 2.75) is 20.8 Å². The van der Waals surface area contributed by atoms with Crippen molar-refractivity contribution in [3.63, 3.8) is 0 Å². The first-order valence-corrected chi connectivity index (χ1v) is 4.14. The van der Waals surface area contributed by atoms with Gasteiger partial charge >= 0.3 is 0 Å². The number of pyridine rings is 1. The van der Waals surface area contributed by atoms with Crippen LogP contribution < -0.4 is 0 Å². The van der Waals surface area contributed by atoms with Gasteiger partial charge in [0.05, 0.1) is 16.3 Å². The van der Waals surface area contributed by atoms with E-state index in [9.17, 15) is 0 Å². The molecule has 0 atom stereocenters. The lowest BCUT2D eigenvalue weighted by molar-refractivity contribution is 1.18. The second-order valence-electron chi connectivity index (χ2n) is 1.90. The Labute approximate surface area is 77.8 Å². The van der Waals surface area contributed by atoms with Crippen LogP contribution in [0, 0.1) is 18.3 Å². The van der Waals surface area contributed by atoms with Crippen LogP contribution in [-0.4, -0.2) is 4.98 Å². The van der Waals surface area contributed by atoms with Crippen molar-refractivity contribution in [1.29, 1.82) is 5.26 Å². The Morgan fingerprint density at radius 3 is 2.50 bits per heavy atom. The van der Waals surface area contributed by atoms with Gasteiger partial charge in [-0.25, -0.2) is 0 Å². The Balaban J connectivity index is 0.000000561. The second-order valence-corrected chi connectivity index (χ2v) is 2.33. The van der Waals surface area contributed by atoms with Crippen molar-refractivity contribution in [1.82, 2.24) is 4.98 Å². The third kappa shape index (κ3) is 2.89. The number of nitriles is 1. The summed E-state index contributed by atoms with van der Waals surface area (Å²) in [6.07, 6.45) is 1.53. The fourth-order valence-electron chi connectivity index (χ4n) is 0.621. The van der Waals surface area contributed by atoms with Crippen LogP contribution in [0.1, 0.15) is 25.1 Å². The molecular weight excluding hydrogens is 172 g/mol. The number of hydrogen-bond donors (Lipinski definition) is 0. The van der Waals surface area contributed by atoms with E-state index in [0.29, 0.717) is 16.3 Å². The van der Waals surface area contributed by atoms with E-state index < -0.39 is 0 Å². The molecule has 64 valence electrons. The average molecular weight is 183 g/mol. The number of aryl methyl sites for hydroxylation is 1. The number of nitrogens with zero attached hydrogens (tertiary/aromatic N) is 2. The van der Waals surface area contributed by atoms with Crippen molar-refractivity contribution in [2.24, 2.45) is 0 Å². The monoisotopic (exact) mass is 182 g/mol. The molecule has 0 unspecified atom stereocenters. The summed E-state index contributed by atoms with van der Waals surface area (Å²) < 4.78 is 0. The molecule has 2 nitrogen and oxygen atoms in total. The first-order chi connectivity index (χ1) is 5.74. The third-order valence-electron chi connectivity index (χ3n) is 1.17. The number of hydrogen-bond acceptors (Lipinski definition) is 2. The van der Waals surface area contributed by atoms with Gasteiger partial charge in [-0.1, -0.05) is 25.4 Å². The zero-order chi connectivity index (χ0) is 9.56. The molecule has 1 aromatic rings. The van der Waals surface area contributed by atoms with Crippen LogP contribution in [0.15, 0.2) is 12.3 Å². The van der Waals surface area contributed by atoms with Crippen molar-refractivity contribution in [3.05, 3.63) is 28.5 Å². The van der Waals surface area contributed by atoms with Gasteiger partial charge in [0, 0.05) is 6.20 Å². The normalized spacial score (nSPS) is 7.92. The summed E-state index contributed by atoms with van der Waals surface area (Å²) in [4.78, 5) is 3.90. The molecule has 3 heteroatoms. The summed E-state index contributed by atoms with van der Waals surface area (Å²) in [6.45, 7) is 5.77. The Hall–Kier alpha value is -1.07. The molecule has 0 bridgehead atoms. The molecule has 0 spiro atoms. The Morgan fingerprint density at radius 2 is 2.08 bits per heavy atom. The molecule has 0 aliphatic rings. The van der Waals surface area contributed by atoms with Crippen LogP contribution in [-0.2, 0) is 0 Å². The summed E-state index contributed by atoms with van der Waals surface area (Å²) >= 11 is 5.58. The highest BCUT2D eigenvalue weighted by Gasteiger charge is 1.97. The van der Waals surface area contributed by atoms with Gasteiger partial charge in [0.2, 0.25) is 0 Å². The smallest absolute Gasteiger partial charge is 0.101 e. The van der Waals surface area contributed by atoms with Crippen LogP contribution in [0.5, 0.6) is 0 Å². The van der Waals surface area contributed by atoms with Crippen LogP contribution in [0.4, 0.5) is 0 Å². The Morgan fingerprint density at radius 1 is 1.50 bits per heavy atom. The van der Waals surface area contributed by atoms with E-state index in [1.54, 1.807) is 13.0 Å². The molecule has 1 rings (SSSR count). The Kier molecular flexibility index (Phi) is 5.07. The lowest BCUT2D eigenvalue weighted by atomic mass is 10.2. The second kappa shape index (κ2) is 5.56. The predicted molar refractivity (Wildman–Crippen MR) is 50.0 cm³/mol. The van der Waals surface area contributed by atoms with Crippen molar-refractivity contribution < 1.29 is 0 Å². The van der Waals surface area contributed by atoms with E-state index in [1.807, 2.05) is 19.9 Å². The molecule has 0 aliphatic heterocycles. The molecule has 0 saturated carbocycles. The van der Waals surface area contributed by atoms with Crippen molar-refractivity contribution in [3.8, 4) is 6.07 Å². The fraction of sp³-hybridized carbons (Fsp3) is 0.333. The fourth-order valence-corrected chi connectivity index (χ4v) is 0.779. The molecule has 0 N–H and O–H groups in total. The first-order valence-electron chi connectivity index (χ1n) is 3.76. The van der Waals surface area contributed by atoms with Crippen molar-refractivity contribution in [2.75, 3.05) is 0 Å². The lowest BCUT2D eigenvalue weighted by Crippen LogP contribution is -1.85. The molecular formula is C9H11ClN2. The maximum atomic E-state index is 8.49. The lowest BCUT2D eigenvalue weighted by Gasteiger charge is -1.93. The zero-order valence-electron chi connectivity index (χ0n) is 7.43. The summed E-state index contributed by atoms with van der Waals surface area (Å²) in [7, 11) is 0. The largest absolute Gasteiger partial charge is 0.259 e. The van der Waals surface area contributed by atoms with Gasteiger partial charge < -0.3 is 0 Å². The minimum absolute atomic E-state index is 0.502. The third-order valence-corrected chi connectivity index (χ3v) is 1.38. The maximum absolute atomic E-state index is 8.49. The molecule has 0 aromatic carbocycles. The molecule has 12 heavy (non-hydrogen) atoms. The minimum atomic E-state index is 0.502. The summed E-state index contributed by atoms with van der Waals surface area (Å²) in [5.41, 5.74) is 1.25. The highest BCUT2D eigenvalue weighted by molar-refractivity contribution is 6.30. The highest BCUT2D eigenvalue weighted by atomic mass is 35.5. The molecule has 0 saturated heterocycles. The molecule has 0 radical (unpaired) electrons. The first kappa shape index (κ1) is 10.9.